The van der Waals surface area contributed by atoms with E-state index in [0.29, 0.717) is 33.0 Å². The molecule has 10 heteroatoms. The Kier molecular flexibility index (Phi) is 9.32. The highest BCUT2D eigenvalue weighted by atomic mass is 79.9. The molecule has 3 aromatic rings. The van der Waals surface area contributed by atoms with Crippen LogP contribution in [0.2, 0.25) is 0 Å². The summed E-state index contributed by atoms with van der Waals surface area (Å²) in [6.07, 6.45) is 1.62. The highest BCUT2D eigenvalue weighted by Crippen LogP contribution is 2.39. The SMILES string of the molecule is COc1cc(/C=C2\SC(=O)N(CCOc3ccc(C)cc3)C2=O)cc(Br)c1OCC(=O)Nc1cccc(C)c1. The van der Waals surface area contributed by atoms with E-state index in [9.17, 15) is 14.4 Å². The van der Waals surface area contributed by atoms with Gasteiger partial charge in [0.25, 0.3) is 17.1 Å². The van der Waals surface area contributed by atoms with Gasteiger partial charge in [-0.2, -0.15) is 0 Å². The van der Waals surface area contributed by atoms with Gasteiger partial charge in [-0.3, -0.25) is 19.3 Å². The second-order valence-electron chi connectivity index (χ2n) is 8.74. The van der Waals surface area contributed by atoms with Crippen molar-refractivity contribution < 1.29 is 28.6 Å². The molecule has 0 saturated carbocycles. The van der Waals surface area contributed by atoms with Crippen LogP contribution in [0.25, 0.3) is 6.08 Å². The van der Waals surface area contributed by atoms with Crippen molar-refractivity contribution in [1.82, 2.24) is 4.90 Å². The minimum Gasteiger partial charge on any atom is -0.493 e. The fourth-order valence-electron chi connectivity index (χ4n) is 3.75. The number of aryl methyl sites for hydroxylation is 2. The van der Waals surface area contributed by atoms with Crippen molar-refractivity contribution in [3.05, 3.63) is 86.7 Å². The number of ether oxygens (including phenoxy) is 3. The molecule has 1 aliphatic rings. The fraction of sp³-hybridized carbons (Fsp3) is 0.207. The zero-order valence-corrected chi connectivity index (χ0v) is 24.1. The van der Waals surface area contributed by atoms with E-state index in [2.05, 4.69) is 21.2 Å². The number of hydrogen-bond acceptors (Lipinski definition) is 7. The summed E-state index contributed by atoms with van der Waals surface area (Å²) >= 11 is 4.33. The van der Waals surface area contributed by atoms with E-state index in [-0.39, 0.29) is 41.7 Å². The lowest BCUT2D eigenvalue weighted by Crippen LogP contribution is -2.32. The van der Waals surface area contributed by atoms with Crippen molar-refractivity contribution in [1.29, 1.82) is 0 Å². The standard InChI is InChI=1S/C29H27BrN2O6S/c1-18-7-9-22(10-8-18)37-12-11-32-28(34)25(39-29(32)35)16-20-14-23(30)27(24(15-20)36-3)38-17-26(33)31-21-6-4-5-19(2)13-21/h4-10,13-16H,11-12,17H2,1-3H3,(H,31,33)/b25-16-. The van der Waals surface area contributed by atoms with E-state index in [1.54, 1.807) is 24.3 Å². The van der Waals surface area contributed by atoms with Gasteiger partial charge in [0.15, 0.2) is 18.1 Å². The van der Waals surface area contributed by atoms with Crippen LogP contribution in [0.1, 0.15) is 16.7 Å². The first-order valence-corrected chi connectivity index (χ1v) is 13.7. The van der Waals surface area contributed by atoms with Crippen molar-refractivity contribution in [2.75, 3.05) is 32.2 Å². The predicted octanol–water partition coefficient (Wildman–Crippen LogP) is 6.21. The van der Waals surface area contributed by atoms with Crippen LogP contribution in [0.3, 0.4) is 0 Å². The molecule has 3 amide bonds. The number of nitrogens with zero attached hydrogens (tertiary/aromatic N) is 1. The summed E-state index contributed by atoms with van der Waals surface area (Å²) in [6, 6.07) is 18.4. The highest BCUT2D eigenvalue weighted by Gasteiger charge is 2.35. The molecule has 1 heterocycles. The minimum atomic E-state index is -0.388. The number of imide groups is 1. The molecular weight excluding hydrogens is 584 g/mol. The van der Waals surface area contributed by atoms with Crippen molar-refractivity contribution in [2.45, 2.75) is 13.8 Å². The monoisotopic (exact) mass is 610 g/mol. The quantitative estimate of drug-likeness (QED) is 0.273. The van der Waals surface area contributed by atoms with Crippen molar-refractivity contribution in [3.8, 4) is 17.2 Å². The topological polar surface area (TPSA) is 94.2 Å². The van der Waals surface area contributed by atoms with Crippen LogP contribution >= 0.6 is 27.7 Å². The Bertz CT molecular complexity index is 1420. The zero-order valence-electron chi connectivity index (χ0n) is 21.7. The Morgan fingerprint density at radius 3 is 2.51 bits per heavy atom. The smallest absolute Gasteiger partial charge is 0.293 e. The van der Waals surface area contributed by atoms with Gasteiger partial charge in [0.2, 0.25) is 0 Å². The highest BCUT2D eigenvalue weighted by molar-refractivity contribution is 9.10. The summed E-state index contributed by atoms with van der Waals surface area (Å²) in [5.41, 5.74) is 3.45. The first-order valence-electron chi connectivity index (χ1n) is 12.0. The van der Waals surface area contributed by atoms with E-state index >= 15 is 0 Å². The Hall–Kier alpha value is -3.76. The van der Waals surface area contributed by atoms with Crippen LogP contribution < -0.4 is 19.5 Å². The molecule has 202 valence electrons. The average molecular weight is 612 g/mol. The van der Waals surface area contributed by atoms with Gasteiger partial charge in [-0.15, -0.1) is 0 Å². The van der Waals surface area contributed by atoms with Crippen LogP contribution in [0.4, 0.5) is 10.5 Å². The molecular formula is C29H27BrN2O6S. The van der Waals surface area contributed by atoms with Gasteiger partial charge in [0.05, 0.1) is 23.0 Å². The van der Waals surface area contributed by atoms with E-state index < -0.39 is 0 Å². The van der Waals surface area contributed by atoms with Gasteiger partial charge in [-0.05, 0) is 95.1 Å². The number of hydrogen-bond donors (Lipinski definition) is 1. The lowest BCUT2D eigenvalue weighted by Gasteiger charge is -2.14. The summed E-state index contributed by atoms with van der Waals surface area (Å²) < 4.78 is 17.4. The van der Waals surface area contributed by atoms with Gasteiger partial charge in [0, 0.05) is 5.69 Å². The third-order valence-electron chi connectivity index (χ3n) is 5.68. The number of thioether (sulfide) groups is 1. The molecule has 0 atom stereocenters. The van der Waals surface area contributed by atoms with Crippen LogP contribution in [-0.2, 0) is 9.59 Å². The van der Waals surface area contributed by atoms with Crippen LogP contribution in [0, 0.1) is 13.8 Å². The largest absolute Gasteiger partial charge is 0.493 e. The molecule has 1 saturated heterocycles. The van der Waals surface area contributed by atoms with Crippen LogP contribution in [-0.4, -0.2) is 48.8 Å². The van der Waals surface area contributed by atoms with Gasteiger partial charge in [-0.1, -0.05) is 29.8 Å². The maximum atomic E-state index is 12.9. The number of benzene rings is 3. The molecule has 1 N–H and O–H groups in total. The predicted molar refractivity (Wildman–Crippen MR) is 155 cm³/mol. The molecule has 39 heavy (non-hydrogen) atoms. The molecule has 0 spiro atoms. The normalized spacial score (nSPS) is 14.1. The molecule has 8 nitrogen and oxygen atoms in total. The van der Waals surface area contributed by atoms with E-state index in [1.165, 1.54) is 12.0 Å². The molecule has 0 aliphatic carbocycles. The first kappa shape index (κ1) is 28.3. The summed E-state index contributed by atoms with van der Waals surface area (Å²) in [7, 11) is 1.48. The Labute approximate surface area is 239 Å². The number of rotatable bonds is 10. The van der Waals surface area contributed by atoms with Gasteiger partial charge in [0.1, 0.15) is 12.4 Å². The number of amides is 3. The molecule has 4 rings (SSSR count). The van der Waals surface area contributed by atoms with Crippen molar-refractivity contribution in [3.63, 3.8) is 0 Å². The minimum absolute atomic E-state index is 0.139. The maximum Gasteiger partial charge on any atom is 0.293 e. The molecule has 0 aromatic heterocycles. The van der Waals surface area contributed by atoms with Gasteiger partial charge < -0.3 is 19.5 Å². The second kappa shape index (κ2) is 12.9. The molecule has 0 unspecified atom stereocenters. The molecule has 0 radical (unpaired) electrons. The Morgan fingerprint density at radius 2 is 1.79 bits per heavy atom. The van der Waals surface area contributed by atoms with Gasteiger partial charge in [-0.25, -0.2) is 0 Å². The number of carbonyl (C=O) groups is 3. The molecule has 0 bridgehead atoms. The average Bonchev–Trinajstić information content (AvgIpc) is 3.16. The maximum absolute atomic E-state index is 12.9. The third-order valence-corrected chi connectivity index (χ3v) is 7.17. The zero-order chi connectivity index (χ0) is 27.9. The lowest BCUT2D eigenvalue weighted by atomic mass is 10.2. The number of anilines is 1. The summed E-state index contributed by atoms with van der Waals surface area (Å²) in [5, 5.41) is 2.44. The molecule has 3 aromatic carbocycles. The van der Waals surface area contributed by atoms with Gasteiger partial charge >= 0.3 is 0 Å². The number of nitrogens with one attached hydrogen (secondary N) is 1. The molecule has 1 aliphatic heterocycles. The van der Waals surface area contributed by atoms with E-state index in [4.69, 9.17) is 14.2 Å². The molecule has 1 fully saturated rings. The lowest BCUT2D eigenvalue weighted by molar-refractivity contribution is -0.123. The van der Waals surface area contributed by atoms with E-state index in [1.807, 2.05) is 56.3 Å². The van der Waals surface area contributed by atoms with Crippen molar-refractivity contribution >= 4 is 56.5 Å². The second-order valence-corrected chi connectivity index (χ2v) is 10.6. The fourth-order valence-corrected chi connectivity index (χ4v) is 5.19. The number of halogens is 1. The third kappa shape index (κ3) is 7.42. The Morgan fingerprint density at radius 1 is 1.03 bits per heavy atom. The summed E-state index contributed by atoms with van der Waals surface area (Å²) in [5.74, 6) is 0.675. The number of carbonyl (C=O) groups excluding carboxylic acids is 3. The first-order chi connectivity index (χ1) is 18.7. The van der Waals surface area contributed by atoms with Crippen LogP contribution in [0.5, 0.6) is 17.2 Å². The van der Waals surface area contributed by atoms with Crippen LogP contribution in [0.15, 0.2) is 70.0 Å². The summed E-state index contributed by atoms with van der Waals surface area (Å²) in [6.45, 7) is 4.03. The summed E-state index contributed by atoms with van der Waals surface area (Å²) in [4.78, 5) is 39.2. The Balaban J connectivity index is 1.39. The van der Waals surface area contributed by atoms with E-state index in [0.717, 1.165) is 22.9 Å². The number of methoxy groups -OCH3 is 1. The van der Waals surface area contributed by atoms with Crippen molar-refractivity contribution in [2.24, 2.45) is 0 Å².